The van der Waals surface area contributed by atoms with E-state index in [9.17, 15) is 9.59 Å². The van der Waals surface area contributed by atoms with Crippen LogP contribution in [0.15, 0.2) is 60.7 Å². The minimum atomic E-state index is -0.482. The molecule has 1 N–H and O–H groups in total. The second-order valence-corrected chi connectivity index (χ2v) is 7.16. The number of rotatable bonds is 6. The van der Waals surface area contributed by atoms with Crippen LogP contribution in [-0.2, 0) is 9.59 Å². The highest BCUT2D eigenvalue weighted by Crippen LogP contribution is 2.29. The first-order chi connectivity index (χ1) is 13.7. The summed E-state index contributed by atoms with van der Waals surface area (Å²) in [7, 11) is 0. The van der Waals surface area contributed by atoms with Crippen molar-refractivity contribution in [3.05, 3.63) is 71.8 Å². The number of nitrogens with one attached hydrogen (secondary N) is 1. The Kier molecular flexibility index (Phi) is 7.20. The fourth-order valence-corrected chi connectivity index (χ4v) is 3.67. The molecule has 1 aliphatic heterocycles. The summed E-state index contributed by atoms with van der Waals surface area (Å²) in [5, 5.41) is 2.72. The maximum absolute atomic E-state index is 12.4. The highest BCUT2D eigenvalue weighted by Gasteiger charge is 2.30. The van der Waals surface area contributed by atoms with Crippen molar-refractivity contribution in [3.63, 3.8) is 0 Å². The van der Waals surface area contributed by atoms with Crippen LogP contribution in [-0.4, -0.2) is 54.3 Å². The molecule has 5 heteroatoms. The monoisotopic (exact) mass is 379 g/mol. The van der Waals surface area contributed by atoms with Crippen LogP contribution in [0.3, 0.4) is 0 Å². The van der Waals surface area contributed by atoms with Crippen LogP contribution < -0.4 is 5.32 Å². The SMILES string of the molecule is CCCCNC(=O)C(=O)N1CCN(C(c2ccccc2)c2ccccc2)CC1. The highest BCUT2D eigenvalue weighted by atomic mass is 16.2. The van der Waals surface area contributed by atoms with E-state index < -0.39 is 11.8 Å². The van der Waals surface area contributed by atoms with Crippen molar-refractivity contribution in [2.45, 2.75) is 25.8 Å². The molecule has 0 aliphatic carbocycles. The summed E-state index contributed by atoms with van der Waals surface area (Å²) in [4.78, 5) is 28.5. The zero-order valence-electron chi connectivity index (χ0n) is 16.5. The quantitative estimate of drug-likeness (QED) is 0.620. The van der Waals surface area contributed by atoms with Crippen LogP contribution >= 0.6 is 0 Å². The van der Waals surface area contributed by atoms with Gasteiger partial charge in [0.1, 0.15) is 0 Å². The lowest BCUT2D eigenvalue weighted by atomic mass is 9.96. The normalized spacial score (nSPS) is 14.9. The number of benzene rings is 2. The molecule has 1 aliphatic rings. The lowest BCUT2D eigenvalue weighted by molar-refractivity contribution is -0.147. The molecule has 1 heterocycles. The summed E-state index contributed by atoms with van der Waals surface area (Å²) in [6, 6.07) is 21.0. The molecule has 28 heavy (non-hydrogen) atoms. The average molecular weight is 380 g/mol. The number of nitrogens with zero attached hydrogens (tertiary/aromatic N) is 2. The third-order valence-corrected chi connectivity index (χ3v) is 5.21. The fourth-order valence-electron chi connectivity index (χ4n) is 3.67. The second kappa shape index (κ2) is 10.0. The van der Waals surface area contributed by atoms with Crippen molar-refractivity contribution in [3.8, 4) is 0 Å². The Labute approximate surface area is 167 Å². The number of amides is 2. The summed E-state index contributed by atoms with van der Waals surface area (Å²) in [5.41, 5.74) is 2.48. The van der Waals surface area contributed by atoms with Crippen molar-refractivity contribution in [1.82, 2.24) is 15.1 Å². The number of hydrogen-bond acceptors (Lipinski definition) is 3. The van der Waals surface area contributed by atoms with Gasteiger partial charge in [-0.3, -0.25) is 14.5 Å². The Hall–Kier alpha value is -2.66. The molecule has 3 rings (SSSR count). The molecule has 0 bridgehead atoms. The molecule has 0 unspecified atom stereocenters. The third kappa shape index (κ3) is 4.98. The van der Waals surface area contributed by atoms with Gasteiger partial charge in [-0.25, -0.2) is 0 Å². The Morgan fingerprint density at radius 1 is 0.893 bits per heavy atom. The molecule has 1 fully saturated rings. The number of carbonyl (C=O) groups excluding carboxylic acids is 2. The molecule has 0 atom stereocenters. The van der Waals surface area contributed by atoms with Gasteiger partial charge in [0.2, 0.25) is 0 Å². The minimum absolute atomic E-state index is 0.151. The van der Waals surface area contributed by atoms with E-state index in [1.165, 1.54) is 11.1 Å². The Morgan fingerprint density at radius 2 is 1.43 bits per heavy atom. The van der Waals surface area contributed by atoms with Gasteiger partial charge in [0.15, 0.2) is 0 Å². The molecule has 0 aromatic heterocycles. The van der Waals surface area contributed by atoms with Gasteiger partial charge in [-0.2, -0.15) is 0 Å². The Balaban J connectivity index is 1.66. The lowest BCUT2D eigenvalue weighted by Crippen LogP contribution is -2.53. The first kappa shape index (κ1) is 20.1. The van der Waals surface area contributed by atoms with Crippen LogP contribution in [0.25, 0.3) is 0 Å². The topological polar surface area (TPSA) is 52.7 Å². The molecule has 2 amide bonds. The summed E-state index contributed by atoms with van der Waals surface area (Å²) in [6.07, 6.45) is 1.89. The van der Waals surface area contributed by atoms with E-state index in [0.717, 1.165) is 25.9 Å². The second-order valence-electron chi connectivity index (χ2n) is 7.16. The molecule has 0 radical (unpaired) electrons. The van der Waals surface area contributed by atoms with Gasteiger partial charge in [-0.15, -0.1) is 0 Å². The van der Waals surface area contributed by atoms with E-state index in [0.29, 0.717) is 19.6 Å². The van der Waals surface area contributed by atoms with Gasteiger partial charge >= 0.3 is 11.8 Å². The number of carbonyl (C=O) groups is 2. The third-order valence-electron chi connectivity index (χ3n) is 5.21. The van der Waals surface area contributed by atoms with Crippen LogP contribution in [0, 0.1) is 0 Å². The largest absolute Gasteiger partial charge is 0.348 e. The van der Waals surface area contributed by atoms with Gasteiger partial charge < -0.3 is 10.2 Å². The Bertz CT molecular complexity index is 716. The summed E-state index contributed by atoms with van der Waals surface area (Å²) in [6.45, 7) is 5.23. The predicted octanol–water partition coefficient (Wildman–Crippen LogP) is 2.84. The number of hydrogen-bond donors (Lipinski definition) is 1. The van der Waals surface area contributed by atoms with E-state index in [2.05, 4.69) is 65.7 Å². The maximum atomic E-state index is 12.4. The molecule has 0 spiro atoms. The molecule has 0 saturated carbocycles. The first-order valence-corrected chi connectivity index (χ1v) is 10.1. The molecule has 148 valence electrons. The van der Waals surface area contributed by atoms with Gasteiger partial charge in [0.05, 0.1) is 6.04 Å². The van der Waals surface area contributed by atoms with Crippen molar-refractivity contribution in [2.24, 2.45) is 0 Å². The summed E-state index contributed by atoms with van der Waals surface area (Å²) < 4.78 is 0. The van der Waals surface area contributed by atoms with Crippen LogP contribution in [0.5, 0.6) is 0 Å². The number of unbranched alkanes of at least 4 members (excludes halogenated alkanes) is 1. The van der Waals surface area contributed by atoms with Crippen LogP contribution in [0.1, 0.15) is 36.9 Å². The average Bonchev–Trinajstić information content (AvgIpc) is 2.75. The van der Waals surface area contributed by atoms with E-state index in [-0.39, 0.29) is 6.04 Å². The minimum Gasteiger partial charge on any atom is -0.348 e. The summed E-state index contributed by atoms with van der Waals surface area (Å²) in [5.74, 6) is -0.892. The lowest BCUT2D eigenvalue weighted by Gasteiger charge is -2.39. The van der Waals surface area contributed by atoms with Gasteiger partial charge in [0, 0.05) is 32.7 Å². The smallest absolute Gasteiger partial charge is 0.311 e. The maximum Gasteiger partial charge on any atom is 0.311 e. The molecule has 2 aromatic carbocycles. The van der Waals surface area contributed by atoms with Crippen molar-refractivity contribution < 1.29 is 9.59 Å². The van der Waals surface area contributed by atoms with Gasteiger partial charge in [-0.1, -0.05) is 74.0 Å². The molecular weight excluding hydrogens is 350 g/mol. The zero-order chi connectivity index (χ0) is 19.8. The first-order valence-electron chi connectivity index (χ1n) is 10.1. The molecule has 1 saturated heterocycles. The van der Waals surface area contributed by atoms with Crippen molar-refractivity contribution in [1.29, 1.82) is 0 Å². The van der Waals surface area contributed by atoms with E-state index in [1.54, 1.807) is 4.90 Å². The summed E-state index contributed by atoms with van der Waals surface area (Å²) >= 11 is 0. The Morgan fingerprint density at radius 3 is 1.93 bits per heavy atom. The zero-order valence-corrected chi connectivity index (χ0v) is 16.5. The van der Waals surface area contributed by atoms with E-state index in [4.69, 9.17) is 0 Å². The molecule has 5 nitrogen and oxygen atoms in total. The van der Waals surface area contributed by atoms with Crippen molar-refractivity contribution >= 4 is 11.8 Å². The number of piperazine rings is 1. The van der Waals surface area contributed by atoms with Crippen LogP contribution in [0.4, 0.5) is 0 Å². The highest BCUT2D eigenvalue weighted by molar-refractivity contribution is 6.35. The van der Waals surface area contributed by atoms with Gasteiger partial charge in [-0.05, 0) is 17.5 Å². The van der Waals surface area contributed by atoms with Crippen LogP contribution in [0.2, 0.25) is 0 Å². The standard InChI is InChI=1S/C23H29N3O2/c1-2-3-14-24-22(27)23(28)26-17-15-25(16-18-26)21(19-10-6-4-7-11-19)20-12-8-5-9-13-20/h4-13,21H,2-3,14-18H2,1H3,(H,24,27). The molecular formula is C23H29N3O2. The molecule has 2 aromatic rings. The predicted molar refractivity (Wildman–Crippen MR) is 111 cm³/mol. The fraction of sp³-hybridized carbons (Fsp3) is 0.391. The van der Waals surface area contributed by atoms with E-state index in [1.807, 2.05) is 12.1 Å². The van der Waals surface area contributed by atoms with E-state index >= 15 is 0 Å². The van der Waals surface area contributed by atoms with Crippen molar-refractivity contribution in [2.75, 3.05) is 32.7 Å². The van der Waals surface area contributed by atoms with Gasteiger partial charge in [0.25, 0.3) is 0 Å².